The number of hydrogen-bond acceptors (Lipinski definition) is 4. The molecule has 1 aliphatic rings. The summed E-state index contributed by atoms with van der Waals surface area (Å²) in [6.07, 6.45) is 2.43. The molecule has 1 fully saturated rings. The number of amides is 1. The van der Waals surface area contributed by atoms with Crippen LogP contribution in [0, 0.1) is 17.5 Å². The first-order valence-corrected chi connectivity index (χ1v) is 11.3. The molecule has 31 heavy (non-hydrogen) atoms. The van der Waals surface area contributed by atoms with Crippen LogP contribution in [0.25, 0.3) is 0 Å². The summed E-state index contributed by atoms with van der Waals surface area (Å²) in [6.45, 7) is 1.56. The van der Waals surface area contributed by atoms with Gasteiger partial charge in [-0.1, -0.05) is 24.4 Å². The van der Waals surface area contributed by atoms with Crippen molar-refractivity contribution in [1.82, 2.24) is 4.72 Å². The standard InChI is InChI=1S/C20H20ClF3N2O4S/c1-20(28)7-3-2-4-17(20)26-31(29,30)12-5-6-14(21)13(10-12)19(27)25-11-8-15(22)18(24)16(23)9-11/h5-6,8-10,17,26,28H,2-4,7H2,1H3,(H,25,27). The summed E-state index contributed by atoms with van der Waals surface area (Å²) >= 11 is 6.01. The molecule has 0 radical (unpaired) electrons. The largest absolute Gasteiger partial charge is 0.389 e. The Kier molecular flexibility index (Phi) is 6.66. The number of nitrogens with one attached hydrogen (secondary N) is 2. The van der Waals surface area contributed by atoms with Crippen molar-refractivity contribution in [1.29, 1.82) is 0 Å². The Morgan fingerprint density at radius 3 is 2.42 bits per heavy atom. The molecular weight excluding hydrogens is 457 g/mol. The van der Waals surface area contributed by atoms with Crippen LogP contribution in [-0.4, -0.2) is 31.1 Å². The predicted molar refractivity (Wildman–Crippen MR) is 109 cm³/mol. The van der Waals surface area contributed by atoms with Crippen LogP contribution in [-0.2, 0) is 10.0 Å². The van der Waals surface area contributed by atoms with Crippen molar-refractivity contribution in [2.45, 2.75) is 49.1 Å². The van der Waals surface area contributed by atoms with E-state index in [-0.39, 0.29) is 21.2 Å². The summed E-state index contributed by atoms with van der Waals surface area (Å²) in [7, 11) is -4.11. The summed E-state index contributed by atoms with van der Waals surface area (Å²) < 4.78 is 68.0. The summed E-state index contributed by atoms with van der Waals surface area (Å²) in [6, 6.07) is 3.85. The molecule has 0 saturated heterocycles. The molecule has 168 valence electrons. The maximum atomic E-state index is 13.4. The topological polar surface area (TPSA) is 95.5 Å². The number of rotatable bonds is 5. The van der Waals surface area contributed by atoms with Gasteiger partial charge in [0, 0.05) is 17.8 Å². The van der Waals surface area contributed by atoms with Gasteiger partial charge in [0.05, 0.1) is 27.1 Å². The molecule has 0 spiro atoms. The lowest BCUT2D eigenvalue weighted by Crippen LogP contribution is -2.52. The molecule has 1 aliphatic carbocycles. The van der Waals surface area contributed by atoms with Crippen molar-refractivity contribution in [2.24, 2.45) is 0 Å². The highest BCUT2D eigenvalue weighted by atomic mass is 35.5. The molecule has 6 nitrogen and oxygen atoms in total. The van der Waals surface area contributed by atoms with Crippen LogP contribution in [0.1, 0.15) is 43.0 Å². The highest BCUT2D eigenvalue weighted by Gasteiger charge is 2.37. The van der Waals surface area contributed by atoms with Crippen molar-refractivity contribution >= 4 is 33.2 Å². The zero-order chi connectivity index (χ0) is 23.0. The van der Waals surface area contributed by atoms with Crippen molar-refractivity contribution < 1.29 is 31.5 Å². The summed E-state index contributed by atoms with van der Waals surface area (Å²) in [5.41, 5.74) is -1.86. The average Bonchev–Trinajstić information content (AvgIpc) is 2.67. The lowest BCUT2D eigenvalue weighted by molar-refractivity contribution is -0.00220. The van der Waals surface area contributed by atoms with E-state index in [0.29, 0.717) is 25.0 Å². The quantitative estimate of drug-likeness (QED) is 0.569. The third kappa shape index (κ3) is 5.20. The third-order valence-electron chi connectivity index (χ3n) is 5.21. The Balaban J connectivity index is 1.86. The van der Waals surface area contributed by atoms with Gasteiger partial charge in [-0.2, -0.15) is 0 Å². The van der Waals surface area contributed by atoms with E-state index in [1.165, 1.54) is 12.1 Å². The molecule has 3 rings (SSSR count). The molecule has 0 aromatic heterocycles. The van der Waals surface area contributed by atoms with Gasteiger partial charge in [0.1, 0.15) is 0 Å². The molecule has 2 atom stereocenters. The minimum absolute atomic E-state index is 0.107. The smallest absolute Gasteiger partial charge is 0.257 e. The van der Waals surface area contributed by atoms with Gasteiger partial charge >= 0.3 is 0 Å². The van der Waals surface area contributed by atoms with Crippen molar-refractivity contribution in [2.75, 3.05) is 5.32 Å². The first-order valence-electron chi connectivity index (χ1n) is 9.41. The van der Waals surface area contributed by atoms with Crippen LogP contribution < -0.4 is 10.0 Å². The third-order valence-corrected chi connectivity index (χ3v) is 7.01. The van der Waals surface area contributed by atoms with E-state index in [0.717, 1.165) is 18.9 Å². The zero-order valence-corrected chi connectivity index (χ0v) is 18.0. The van der Waals surface area contributed by atoms with Crippen molar-refractivity contribution in [3.63, 3.8) is 0 Å². The van der Waals surface area contributed by atoms with E-state index in [2.05, 4.69) is 10.0 Å². The van der Waals surface area contributed by atoms with E-state index >= 15 is 0 Å². The van der Waals surface area contributed by atoms with Crippen LogP contribution in [0.5, 0.6) is 0 Å². The van der Waals surface area contributed by atoms with Crippen LogP contribution in [0.3, 0.4) is 0 Å². The molecule has 2 unspecified atom stereocenters. The zero-order valence-electron chi connectivity index (χ0n) is 16.4. The molecule has 1 amide bonds. The SMILES string of the molecule is CC1(O)CCCCC1NS(=O)(=O)c1ccc(Cl)c(C(=O)Nc2cc(F)c(F)c(F)c2)c1. The van der Waals surface area contributed by atoms with E-state index < -0.39 is 45.0 Å². The van der Waals surface area contributed by atoms with Gasteiger partial charge in [-0.15, -0.1) is 0 Å². The highest BCUT2D eigenvalue weighted by Crippen LogP contribution is 2.30. The molecule has 1 saturated carbocycles. The minimum atomic E-state index is -4.11. The Morgan fingerprint density at radius 1 is 1.16 bits per heavy atom. The van der Waals surface area contributed by atoms with Crippen LogP contribution in [0.2, 0.25) is 5.02 Å². The van der Waals surface area contributed by atoms with Gasteiger partial charge in [-0.05, 0) is 38.0 Å². The summed E-state index contributed by atoms with van der Waals surface area (Å²) in [5, 5.41) is 12.5. The second-order valence-corrected chi connectivity index (χ2v) is 9.75. The molecule has 2 aromatic carbocycles. The number of carbonyl (C=O) groups excluding carboxylic acids is 1. The number of aliphatic hydroxyl groups is 1. The number of carbonyl (C=O) groups is 1. The van der Waals surface area contributed by atoms with E-state index in [9.17, 15) is 31.5 Å². The maximum Gasteiger partial charge on any atom is 0.257 e. The monoisotopic (exact) mass is 476 g/mol. The molecule has 11 heteroatoms. The Morgan fingerprint density at radius 2 is 1.81 bits per heavy atom. The first kappa shape index (κ1) is 23.5. The van der Waals surface area contributed by atoms with Gasteiger partial charge in [-0.25, -0.2) is 26.3 Å². The lowest BCUT2D eigenvalue weighted by atomic mass is 9.82. The van der Waals surface area contributed by atoms with E-state index in [1.807, 2.05) is 0 Å². The van der Waals surface area contributed by atoms with Gasteiger partial charge in [-0.3, -0.25) is 4.79 Å². The Bertz CT molecular complexity index is 1100. The minimum Gasteiger partial charge on any atom is -0.389 e. The normalized spacial score (nSPS) is 21.7. The average molecular weight is 477 g/mol. The first-order chi connectivity index (χ1) is 14.4. The fourth-order valence-electron chi connectivity index (χ4n) is 3.43. The summed E-state index contributed by atoms with van der Waals surface area (Å²) in [5.74, 6) is -5.63. The number of hydrogen-bond donors (Lipinski definition) is 3. The molecule has 0 heterocycles. The highest BCUT2D eigenvalue weighted by molar-refractivity contribution is 7.89. The maximum absolute atomic E-state index is 13.4. The number of halogens is 4. The Hall–Kier alpha value is -2.14. The van der Waals surface area contributed by atoms with Crippen LogP contribution >= 0.6 is 11.6 Å². The number of benzene rings is 2. The molecular formula is C20H20ClF3N2O4S. The van der Waals surface area contributed by atoms with Crippen molar-refractivity contribution in [3.05, 3.63) is 58.4 Å². The van der Waals surface area contributed by atoms with Gasteiger partial charge < -0.3 is 10.4 Å². The predicted octanol–water partition coefficient (Wildman–Crippen LogP) is 3.98. The fraction of sp³-hybridized carbons (Fsp3) is 0.350. The molecule has 2 aromatic rings. The summed E-state index contributed by atoms with van der Waals surface area (Å²) in [4.78, 5) is 12.2. The van der Waals surface area contributed by atoms with Gasteiger partial charge in [0.2, 0.25) is 10.0 Å². The van der Waals surface area contributed by atoms with Gasteiger partial charge in [0.15, 0.2) is 17.5 Å². The molecule has 0 aliphatic heterocycles. The number of sulfonamides is 1. The molecule has 3 N–H and O–H groups in total. The van der Waals surface area contributed by atoms with Gasteiger partial charge in [0.25, 0.3) is 5.91 Å². The fourth-order valence-corrected chi connectivity index (χ4v) is 5.04. The van der Waals surface area contributed by atoms with E-state index in [4.69, 9.17) is 11.6 Å². The van der Waals surface area contributed by atoms with Crippen molar-refractivity contribution in [3.8, 4) is 0 Å². The van der Waals surface area contributed by atoms with Crippen LogP contribution in [0.4, 0.5) is 18.9 Å². The second-order valence-electron chi connectivity index (χ2n) is 7.63. The van der Waals surface area contributed by atoms with Crippen LogP contribution in [0.15, 0.2) is 35.2 Å². The van der Waals surface area contributed by atoms with E-state index in [1.54, 1.807) is 6.92 Å². The lowest BCUT2D eigenvalue weighted by Gasteiger charge is -2.37. The number of anilines is 1. The Labute approximate surface area is 182 Å². The second kappa shape index (κ2) is 8.78. The molecule has 0 bridgehead atoms.